The fourth-order valence-electron chi connectivity index (χ4n) is 0.838. The Hall–Kier alpha value is -0.790. The zero-order valence-corrected chi connectivity index (χ0v) is 4.50. The molecule has 0 amide bonds. The molecule has 1 N–H and O–H groups in total. The van der Waals surface area contributed by atoms with Crippen molar-refractivity contribution in [3.05, 3.63) is 12.2 Å². The number of rotatable bonds is 1. The third kappa shape index (κ3) is 0.886. The predicted molar refractivity (Wildman–Crippen MR) is 29.5 cm³/mol. The Morgan fingerprint density at radius 2 is 2.50 bits per heavy atom. The number of allylic oxidation sites excluding steroid dienone is 1. The minimum atomic E-state index is -0.696. The van der Waals surface area contributed by atoms with Crippen molar-refractivity contribution in [2.45, 2.75) is 12.8 Å². The van der Waals surface area contributed by atoms with Gasteiger partial charge in [0.1, 0.15) is 0 Å². The number of carbonyl (C=O) groups is 1. The van der Waals surface area contributed by atoms with E-state index in [-0.39, 0.29) is 5.92 Å². The Morgan fingerprint density at radius 1 is 1.75 bits per heavy atom. The Bertz CT molecular complexity index is 126. The predicted octanol–water partition coefficient (Wildman–Crippen LogP) is 1.04. The van der Waals surface area contributed by atoms with Crippen LogP contribution < -0.4 is 0 Å². The van der Waals surface area contributed by atoms with Gasteiger partial charge in [-0.1, -0.05) is 12.2 Å². The summed E-state index contributed by atoms with van der Waals surface area (Å²) in [7, 11) is 0. The zero-order valence-electron chi connectivity index (χ0n) is 4.50. The van der Waals surface area contributed by atoms with Gasteiger partial charge < -0.3 is 5.11 Å². The maximum atomic E-state index is 10.2. The molecule has 0 saturated heterocycles. The fourth-order valence-corrected chi connectivity index (χ4v) is 0.838. The van der Waals surface area contributed by atoms with Gasteiger partial charge in [-0.25, -0.2) is 0 Å². The lowest BCUT2D eigenvalue weighted by Crippen LogP contribution is -2.06. The number of carboxylic acid groups (broad SMARTS) is 1. The molecule has 0 bridgehead atoms. The molecule has 1 aliphatic rings. The standard InChI is InChI=1S/C6H8O2/c7-6(8)5-3-1-2-4-5/h1,3,5H,2,4H2,(H,7,8)/t5-/m1/s1. The van der Waals surface area contributed by atoms with E-state index in [0.717, 1.165) is 12.8 Å². The first-order valence-corrected chi connectivity index (χ1v) is 2.70. The van der Waals surface area contributed by atoms with Crippen molar-refractivity contribution in [3.63, 3.8) is 0 Å². The Labute approximate surface area is 47.8 Å². The van der Waals surface area contributed by atoms with Crippen LogP contribution in [0.25, 0.3) is 0 Å². The summed E-state index contributed by atoms with van der Waals surface area (Å²) in [6, 6.07) is 0. The number of hydrogen-bond acceptors (Lipinski definition) is 1. The number of aliphatic carboxylic acids is 1. The summed E-state index contributed by atoms with van der Waals surface area (Å²) in [5.74, 6) is -0.895. The summed E-state index contributed by atoms with van der Waals surface area (Å²) >= 11 is 0. The lowest BCUT2D eigenvalue weighted by atomic mass is 10.1. The second-order valence-corrected chi connectivity index (χ2v) is 1.95. The van der Waals surface area contributed by atoms with Crippen molar-refractivity contribution < 1.29 is 9.90 Å². The molecule has 44 valence electrons. The average molecular weight is 112 g/mol. The van der Waals surface area contributed by atoms with E-state index in [4.69, 9.17) is 5.11 Å². The summed E-state index contributed by atoms with van der Waals surface area (Å²) in [4.78, 5) is 10.2. The molecule has 0 unspecified atom stereocenters. The molecule has 1 aliphatic carbocycles. The van der Waals surface area contributed by atoms with Gasteiger partial charge in [-0.3, -0.25) is 4.79 Å². The first-order chi connectivity index (χ1) is 3.80. The molecule has 0 radical (unpaired) electrons. The molecule has 0 aromatic heterocycles. The molecule has 0 aliphatic heterocycles. The van der Waals surface area contributed by atoms with Gasteiger partial charge in [0.05, 0.1) is 5.92 Å². The third-order valence-corrected chi connectivity index (χ3v) is 1.33. The van der Waals surface area contributed by atoms with E-state index in [1.54, 1.807) is 6.08 Å². The van der Waals surface area contributed by atoms with Gasteiger partial charge >= 0.3 is 5.97 Å². The molecule has 0 fully saturated rings. The second kappa shape index (κ2) is 1.99. The van der Waals surface area contributed by atoms with E-state index < -0.39 is 5.97 Å². The Balaban J connectivity index is 2.48. The van der Waals surface area contributed by atoms with Gasteiger partial charge in [0, 0.05) is 0 Å². The smallest absolute Gasteiger partial charge is 0.310 e. The van der Waals surface area contributed by atoms with Crippen molar-refractivity contribution in [1.82, 2.24) is 0 Å². The quantitative estimate of drug-likeness (QED) is 0.514. The summed E-state index contributed by atoms with van der Waals surface area (Å²) in [5, 5.41) is 8.36. The van der Waals surface area contributed by atoms with Crippen LogP contribution in [0.5, 0.6) is 0 Å². The molecule has 1 atom stereocenters. The molecule has 2 heteroatoms. The van der Waals surface area contributed by atoms with Gasteiger partial charge in [-0.05, 0) is 12.8 Å². The molecule has 0 heterocycles. The normalized spacial score (nSPS) is 26.2. The summed E-state index contributed by atoms with van der Waals surface area (Å²) in [5.41, 5.74) is 0. The minimum absolute atomic E-state index is 0.199. The molecule has 1 rings (SSSR count). The van der Waals surface area contributed by atoms with Crippen LogP contribution in [0.3, 0.4) is 0 Å². The molecule has 0 aromatic carbocycles. The van der Waals surface area contributed by atoms with E-state index in [1.807, 2.05) is 6.08 Å². The monoisotopic (exact) mass is 112 g/mol. The zero-order chi connectivity index (χ0) is 5.98. The Morgan fingerprint density at radius 3 is 2.75 bits per heavy atom. The van der Waals surface area contributed by atoms with Gasteiger partial charge in [0.2, 0.25) is 0 Å². The van der Waals surface area contributed by atoms with Gasteiger partial charge in [0.15, 0.2) is 0 Å². The lowest BCUT2D eigenvalue weighted by molar-refractivity contribution is -0.140. The summed E-state index contributed by atoms with van der Waals surface area (Å²) in [6.07, 6.45) is 5.38. The number of carboxylic acids is 1. The average Bonchev–Trinajstić information content (AvgIpc) is 2.12. The van der Waals surface area contributed by atoms with Crippen molar-refractivity contribution >= 4 is 5.97 Å². The van der Waals surface area contributed by atoms with Crippen LogP contribution in [-0.4, -0.2) is 11.1 Å². The fraction of sp³-hybridized carbons (Fsp3) is 0.500. The van der Waals surface area contributed by atoms with Crippen molar-refractivity contribution in [2.24, 2.45) is 5.92 Å². The van der Waals surface area contributed by atoms with Gasteiger partial charge in [0.25, 0.3) is 0 Å². The van der Waals surface area contributed by atoms with E-state index >= 15 is 0 Å². The highest BCUT2D eigenvalue weighted by Crippen LogP contribution is 2.15. The molecule has 0 aromatic rings. The molecular formula is C6H8O2. The summed E-state index contributed by atoms with van der Waals surface area (Å²) < 4.78 is 0. The van der Waals surface area contributed by atoms with Crippen molar-refractivity contribution in [1.29, 1.82) is 0 Å². The highest BCUT2D eigenvalue weighted by molar-refractivity contribution is 5.72. The van der Waals surface area contributed by atoms with E-state index in [1.165, 1.54) is 0 Å². The SMILES string of the molecule is O=C(O)[C@@H]1C=CCC1. The Kier molecular flexibility index (Phi) is 1.33. The highest BCUT2D eigenvalue weighted by atomic mass is 16.4. The van der Waals surface area contributed by atoms with Crippen molar-refractivity contribution in [2.75, 3.05) is 0 Å². The van der Waals surface area contributed by atoms with Crippen LogP contribution in [0.2, 0.25) is 0 Å². The molecule has 0 saturated carbocycles. The van der Waals surface area contributed by atoms with Gasteiger partial charge in [-0.2, -0.15) is 0 Å². The molecule has 8 heavy (non-hydrogen) atoms. The molecular weight excluding hydrogens is 104 g/mol. The topological polar surface area (TPSA) is 37.3 Å². The van der Waals surface area contributed by atoms with Crippen molar-refractivity contribution in [3.8, 4) is 0 Å². The maximum absolute atomic E-state index is 10.2. The molecule has 0 spiro atoms. The number of hydrogen-bond donors (Lipinski definition) is 1. The van der Waals surface area contributed by atoms with Crippen LogP contribution in [0.15, 0.2) is 12.2 Å². The van der Waals surface area contributed by atoms with Crippen LogP contribution >= 0.6 is 0 Å². The van der Waals surface area contributed by atoms with Crippen LogP contribution in [0.4, 0.5) is 0 Å². The highest BCUT2D eigenvalue weighted by Gasteiger charge is 2.15. The van der Waals surface area contributed by atoms with Gasteiger partial charge in [-0.15, -0.1) is 0 Å². The first kappa shape index (κ1) is 5.35. The first-order valence-electron chi connectivity index (χ1n) is 2.70. The van der Waals surface area contributed by atoms with E-state index in [0.29, 0.717) is 0 Å². The lowest BCUT2D eigenvalue weighted by Gasteiger charge is -1.95. The summed E-state index contributed by atoms with van der Waals surface area (Å²) in [6.45, 7) is 0. The largest absolute Gasteiger partial charge is 0.481 e. The van der Waals surface area contributed by atoms with Crippen LogP contribution in [0, 0.1) is 5.92 Å². The molecule has 2 nitrogen and oxygen atoms in total. The third-order valence-electron chi connectivity index (χ3n) is 1.33. The van der Waals surface area contributed by atoms with Crippen LogP contribution in [0.1, 0.15) is 12.8 Å². The van der Waals surface area contributed by atoms with E-state index in [9.17, 15) is 4.79 Å². The van der Waals surface area contributed by atoms with E-state index in [2.05, 4.69) is 0 Å². The maximum Gasteiger partial charge on any atom is 0.310 e. The minimum Gasteiger partial charge on any atom is -0.481 e. The second-order valence-electron chi connectivity index (χ2n) is 1.95. The van der Waals surface area contributed by atoms with Crippen LogP contribution in [-0.2, 0) is 4.79 Å².